The molecule has 174 valence electrons. The van der Waals surface area contributed by atoms with E-state index in [9.17, 15) is 17.6 Å². The van der Waals surface area contributed by atoms with Crippen molar-refractivity contribution < 1.29 is 22.3 Å². The molecule has 0 saturated heterocycles. The second-order valence-electron chi connectivity index (χ2n) is 7.65. The molecule has 0 atom stereocenters. The van der Waals surface area contributed by atoms with Crippen molar-refractivity contribution in [2.75, 3.05) is 22.8 Å². The number of nitrogens with zero attached hydrogens (tertiary/aromatic N) is 1. The highest BCUT2D eigenvalue weighted by atomic mass is 32.2. The lowest BCUT2D eigenvalue weighted by molar-refractivity contribution is -0.114. The second-order valence-corrected chi connectivity index (χ2v) is 9.48. The number of nitrogens with one attached hydrogen (secondary N) is 1. The number of aryl methyl sites for hydroxylation is 2. The van der Waals surface area contributed by atoms with Gasteiger partial charge in [-0.15, -0.1) is 0 Å². The lowest BCUT2D eigenvalue weighted by atomic mass is 10.1. The number of carbonyl (C=O) groups excluding carboxylic acids is 1. The van der Waals surface area contributed by atoms with Gasteiger partial charge in [-0.1, -0.05) is 18.2 Å². The van der Waals surface area contributed by atoms with E-state index in [4.69, 9.17) is 4.74 Å². The molecule has 0 fully saturated rings. The van der Waals surface area contributed by atoms with Gasteiger partial charge in [0.05, 0.1) is 17.2 Å². The Kier molecular flexibility index (Phi) is 7.38. The van der Waals surface area contributed by atoms with Crippen LogP contribution in [0.2, 0.25) is 0 Å². The zero-order valence-electron chi connectivity index (χ0n) is 19.1. The van der Waals surface area contributed by atoms with E-state index in [1.807, 2.05) is 19.9 Å². The molecule has 6 nitrogen and oxygen atoms in total. The van der Waals surface area contributed by atoms with Crippen molar-refractivity contribution in [3.63, 3.8) is 0 Å². The summed E-state index contributed by atoms with van der Waals surface area (Å²) in [6.07, 6.45) is 0. The predicted molar refractivity (Wildman–Crippen MR) is 128 cm³/mol. The van der Waals surface area contributed by atoms with Crippen LogP contribution >= 0.6 is 0 Å². The minimum atomic E-state index is -4.24. The van der Waals surface area contributed by atoms with Crippen molar-refractivity contribution in [2.45, 2.75) is 32.6 Å². The molecule has 0 saturated carbocycles. The lowest BCUT2D eigenvalue weighted by Crippen LogP contribution is -2.39. The number of hydrogen-bond donors (Lipinski definition) is 1. The number of rotatable bonds is 8. The molecule has 0 unspecified atom stereocenters. The molecule has 0 radical (unpaired) electrons. The van der Waals surface area contributed by atoms with Crippen LogP contribution in [-0.4, -0.2) is 27.5 Å². The van der Waals surface area contributed by atoms with Crippen LogP contribution in [0.15, 0.2) is 65.6 Å². The summed E-state index contributed by atoms with van der Waals surface area (Å²) in [5.74, 6) is -0.534. The highest BCUT2D eigenvalue weighted by Crippen LogP contribution is 2.30. The Morgan fingerprint density at radius 2 is 1.70 bits per heavy atom. The van der Waals surface area contributed by atoms with Gasteiger partial charge in [-0.2, -0.15) is 0 Å². The summed E-state index contributed by atoms with van der Waals surface area (Å²) < 4.78 is 47.7. The Balaban J connectivity index is 1.98. The fourth-order valence-corrected chi connectivity index (χ4v) is 5.13. The maximum Gasteiger partial charge on any atom is 0.265 e. The topological polar surface area (TPSA) is 75.7 Å². The van der Waals surface area contributed by atoms with Gasteiger partial charge in [0.15, 0.2) is 0 Å². The van der Waals surface area contributed by atoms with Crippen LogP contribution in [0.25, 0.3) is 0 Å². The summed E-state index contributed by atoms with van der Waals surface area (Å²) in [6, 6.07) is 15.6. The standard InChI is InChI=1S/C25H27FN2O4S/c1-5-32-22-13-11-21(12-14-22)27-25(29)16-28(23-8-6-7-17(2)19(23)4)33(30,31)24-15-20(26)10-9-18(24)3/h6-15H,5,16H2,1-4H3,(H,27,29). The Morgan fingerprint density at radius 3 is 2.36 bits per heavy atom. The molecule has 3 aromatic carbocycles. The Labute approximate surface area is 194 Å². The second kappa shape index (κ2) is 10.0. The molecule has 0 spiro atoms. The van der Waals surface area contributed by atoms with Gasteiger partial charge in [0.2, 0.25) is 5.91 Å². The van der Waals surface area contributed by atoms with E-state index in [1.54, 1.807) is 50.2 Å². The molecule has 0 heterocycles. The van der Waals surface area contributed by atoms with Crippen LogP contribution in [-0.2, 0) is 14.8 Å². The van der Waals surface area contributed by atoms with Crippen molar-refractivity contribution in [1.29, 1.82) is 0 Å². The minimum Gasteiger partial charge on any atom is -0.494 e. The quantitative estimate of drug-likeness (QED) is 0.504. The molecule has 0 aromatic heterocycles. The molecule has 33 heavy (non-hydrogen) atoms. The van der Waals surface area contributed by atoms with Gasteiger partial charge >= 0.3 is 0 Å². The summed E-state index contributed by atoms with van der Waals surface area (Å²) in [5, 5.41) is 2.72. The number of carbonyl (C=O) groups is 1. The van der Waals surface area contributed by atoms with Crippen LogP contribution < -0.4 is 14.4 Å². The first-order valence-corrected chi connectivity index (χ1v) is 11.9. The molecule has 3 aromatic rings. The molecule has 0 aliphatic carbocycles. The van der Waals surface area contributed by atoms with E-state index < -0.39 is 28.3 Å². The van der Waals surface area contributed by atoms with Crippen LogP contribution in [0.5, 0.6) is 5.75 Å². The summed E-state index contributed by atoms with van der Waals surface area (Å²) in [4.78, 5) is 12.7. The average Bonchev–Trinajstić information content (AvgIpc) is 2.77. The van der Waals surface area contributed by atoms with E-state index >= 15 is 0 Å². The van der Waals surface area contributed by atoms with Crippen molar-refractivity contribution in [1.82, 2.24) is 0 Å². The summed E-state index contributed by atoms with van der Waals surface area (Å²) >= 11 is 0. The van der Waals surface area contributed by atoms with E-state index in [-0.39, 0.29) is 4.90 Å². The first kappa shape index (κ1) is 24.3. The lowest BCUT2D eigenvalue weighted by Gasteiger charge is -2.27. The molecular formula is C25H27FN2O4S. The van der Waals surface area contributed by atoms with Crippen molar-refractivity contribution in [3.05, 3.63) is 83.2 Å². The molecular weight excluding hydrogens is 443 g/mol. The number of anilines is 2. The van der Waals surface area contributed by atoms with Gasteiger partial charge in [0.25, 0.3) is 10.0 Å². The van der Waals surface area contributed by atoms with Crippen molar-refractivity contribution in [3.8, 4) is 5.75 Å². The third-order valence-corrected chi connectivity index (χ3v) is 7.20. The molecule has 8 heteroatoms. The Bertz CT molecular complexity index is 1260. The summed E-state index contributed by atoms with van der Waals surface area (Å²) in [6.45, 7) is 7.16. The van der Waals surface area contributed by atoms with Crippen LogP contribution in [0.4, 0.5) is 15.8 Å². The van der Waals surface area contributed by atoms with Crippen LogP contribution in [0.3, 0.4) is 0 Å². The SMILES string of the molecule is CCOc1ccc(NC(=O)CN(c2cccc(C)c2C)S(=O)(=O)c2cc(F)ccc2C)cc1. The zero-order chi connectivity index (χ0) is 24.2. The van der Waals surface area contributed by atoms with E-state index in [0.29, 0.717) is 34.9 Å². The molecule has 3 rings (SSSR count). The maximum absolute atomic E-state index is 14.0. The van der Waals surface area contributed by atoms with Crippen LogP contribution in [0, 0.1) is 26.6 Å². The smallest absolute Gasteiger partial charge is 0.265 e. The molecule has 0 bridgehead atoms. The average molecular weight is 471 g/mol. The fraction of sp³-hybridized carbons (Fsp3) is 0.240. The number of hydrogen-bond acceptors (Lipinski definition) is 4. The Hall–Kier alpha value is -3.39. The first-order chi connectivity index (χ1) is 15.6. The molecule has 0 aliphatic heterocycles. The van der Waals surface area contributed by atoms with Gasteiger partial charge in [0, 0.05) is 5.69 Å². The number of amides is 1. The molecule has 0 aliphatic rings. The minimum absolute atomic E-state index is 0.183. The fourth-order valence-electron chi connectivity index (χ4n) is 3.41. The summed E-state index contributed by atoms with van der Waals surface area (Å²) in [7, 11) is -4.24. The van der Waals surface area contributed by atoms with Gasteiger partial charge in [-0.05, 0) is 86.8 Å². The summed E-state index contributed by atoms with van der Waals surface area (Å²) in [5.41, 5.74) is 2.84. The van der Waals surface area contributed by atoms with E-state index in [1.165, 1.54) is 12.1 Å². The maximum atomic E-state index is 14.0. The van der Waals surface area contributed by atoms with Gasteiger partial charge in [-0.3, -0.25) is 9.10 Å². The normalized spacial score (nSPS) is 11.2. The monoisotopic (exact) mass is 470 g/mol. The predicted octanol–water partition coefficient (Wildman–Crippen LogP) is 4.98. The zero-order valence-corrected chi connectivity index (χ0v) is 19.9. The highest BCUT2D eigenvalue weighted by molar-refractivity contribution is 7.93. The molecule has 1 N–H and O–H groups in total. The van der Waals surface area contributed by atoms with E-state index in [2.05, 4.69) is 5.32 Å². The number of benzene rings is 3. The number of halogens is 1. The van der Waals surface area contributed by atoms with E-state index in [0.717, 1.165) is 15.9 Å². The van der Waals surface area contributed by atoms with Gasteiger partial charge in [0.1, 0.15) is 18.1 Å². The van der Waals surface area contributed by atoms with Crippen molar-refractivity contribution >= 4 is 27.3 Å². The van der Waals surface area contributed by atoms with Crippen molar-refractivity contribution in [2.24, 2.45) is 0 Å². The first-order valence-electron chi connectivity index (χ1n) is 10.5. The molecule has 1 amide bonds. The van der Waals surface area contributed by atoms with Crippen LogP contribution in [0.1, 0.15) is 23.6 Å². The Morgan fingerprint density at radius 1 is 1.00 bits per heavy atom. The number of sulfonamides is 1. The number of ether oxygens (including phenoxy) is 1. The highest BCUT2D eigenvalue weighted by Gasteiger charge is 2.30. The largest absolute Gasteiger partial charge is 0.494 e. The third kappa shape index (κ3) is 5.51. The van der Waals surface area contributed by atoms with Gasteiger partial charge in [-0.25, -0.2) is 12.8 Å². The third-order valence-electron chi connectivity index (χ3n) is 5.30. The van der Waals surface area contributed by atoms with Gasteiger partial charge < -0.3 is 10.1 Å².